The number of aromatic nitrogens is 2. The fourth-order valence-electron chi connectivity index (χ4n) is 1.69. The quantitative estimate of drug-likeness (QED) is 0.877. The van der Waals surface area contributed by atoms with Crippen LogP contribution in [0, 0.1) is 0 Å². The molecule has 0 aliphatic rings. The standard InChI is InChI=1S/C15H19N3O2/c1-11(2)20-13-5-4-8-16-15(13)18-10-12-6-7-14(19-3)17-9-12/h4-9,11H,10H2,1-3H3,(H,16,18). The minimum atomic E-state index is 0.113. The van der Waals surface area contributed by atoms with Crippen LogP contribution in [0.5, 0.6) is 11.6 Å². The third kappa shape index (κ3) is 3.85. The second-order valence-corrected chi connectivity index (χ2v) is 4.58. The first-order valence-electron chi connectivity index (χ1n) is 6.53. The monoisotopic (exact) mass is 273 g/mol. The van der Waals surface area contributed by atoms with Crippen LogP contribution in [0.2, 0.25) is 0 Å². The van der Waals surface area contributed by atoms with Gasteiger partial charge in [-0.3, -0.25) is 0 Å². The first-order valence-corrected chi connectivity index (χ1v) is 6.53. The van der Waals surface area contributed by atoms with Crippen LogP contribution in [-0.4, -0.2) is 23.2 Å². The summed E-state index contributed by atoms with van der Waals surface area (Å²) in [4.78, 5) is 8.47. The van der Waals surface area contributed by atoms with Crippen LogP contribution in [0.25, 0.3) is 0 Å². The number of hydrogen-bond acceptors (Lipinski definition) is 5. The van der Waals surface area contributed by atoms with Crippen molar-refractivity contribution in [3.63, 3.8) is 0 Å². The van der Waals surface area contributed by atoms with Crippen LogP contribution in [0.1, 0.15) is 19.4 Å². The van der Waals surface area contributed by atoms with Crippen LogP contribution in [0.3, 0.4) is 0 Å². The van der Waals surface area contributed by atoms with Crippen molar-refractivity contribution in [1.29, 1.82) is 0 Å². The molecule has 5 nitrogen and oxygen atoms in total. The van der Waals surface area contributed by atoms with E-state index in [0.29, 0.717) is 12.4 Å². The Labute approximate surface area is 119 Å². The van der Waals surface area contributed by atoms with Crippen LogP contribution in [0.4, 0.5) is 5.82 Å². The van der Waals surface area contributed by atoms with E-state index in [9.17, 15) is 0 Å². The second kappa shape index (κ2) is 6.75. The van der Waals surface area contributed by atoms with Crippen molar-refractivity contribution in [2.45, 2.75) is 26.5 Å². The minimum Gasteiger partial charge on any atom is -0.487 e. The highest BCUT2D eigenvalue weighted by Gasteiger charge is 2.06. The Kier molecular flexibility index (Phi) is 4.76. The Bertz CT molecular complexity index is 541. The summed E-state index contributed by atoms with van der Waals surface area (Å²) in [6.45, 7) is 4.61. The third-order valence-corrected chi connectivity index (χ3v) is 2.60. The van der Waals surface area contributed by atoms with Crippen LogP contribution in [-0.2, 0) is 6.54 Å². The summed E-state index contributed by atoms with van der Waals surface area (Å²) in [5, 5.41) is 3.26. The summed E-state index contributed by atoms with van der Waals surface area (Å²) in [5.74, 6) is 2.09. The molecule has 0 aliphatic heterocycles. The maximum absolute atomic E-state index is 5.71. The smallest absolute Gasteiger partial charge is 0.212 e. The molecule has 20 heavy (non-hydrogen) atoms. The first kappa shape index (κ1) is 14.1. The SMILES string of the molecule is COc1ccc(CNc2ncccc2OC(C)C)cn1. The molecule has 5 heteroatoms. The van der Waals surface area contributed by atoms with Crippen molar-refractivity contribution >= 4 is 5.82 Å². The summed E-state index contributed by atoms with van der Waals surface area (Å²) in [6.07, 6.45) is 3.63. The van der Waals surface area contributed by atoms with Crippen molar-refractivity contribution in [1.82, 2.24) is 9.97 Å². The average molecular weight is 273 g/mol. The number of pyridine rings is 2. The van der Waals surface area contributed by atoms with E-state index in [1.165, 1.54) is 0 Å². The molecule has 0 saturated carbocycles. The minimum absolute atomic E-state index is 0.113. The highest BCUT2D eigenvalue weighted by molar-refractivity contribution is 5.49. The second-order valence-electron chi connectivity index (χ2n) is 4.58. The highest BCUT2D eigenvalue weighted by Crippen LogP contribution is 2.22. The molecule has 0 aliphatic carbocycles. The molecule has 0 atom stereocenters. The van der Waals surface area contributed by atoms with Crippen molar-refractivity contribution in [2.24, 2.45) is 0 Å². The number of rotatable bonds is 6. The molecule has 0 saturated heterocycles. The fourth-order valence-corrected chi connectivity index (χ4v) is 1.69. The third-order valence-electron chi connectivity index (χ3n) is 2.60. The molecule has 0 aromatic carbocycles. The largest absolute Gasteiger partial charge is 0.487 e. The van der Waals surface area contributed by atoms with Gasteiger partial charge in [-0.05, 0) is 31.5 Å². The molecule has 0 spiro atoms. The van der Waals surface area contributed by atoms with Gasteiger partial charge in [-0.1, -0.05) is 6.07 Å². The summed E-state index contributed by atoms with van der Waals surface area (Å²) in [5.41, 5.74) is 1.05. The molecule has 2 rings (SSSR count). The van der Waals surface area contributed by atoms with E-state index in [0.717, 1.165) is 17.1 Å². The highest BCUT2D eigenvalue weighted by atomic mass is 16.5. The zero-order valence-electron chi connectivity index (χ0n) is 12.0. The number of anilines is 1. The van der Waals surface area contributed by atoms with Crippen molar-refractivity contribution in [3.8, 4) is 11.6 Å². The Morgan fingerprint density at radius 3 is 2.70 bits per heavy atom. The van der Waals surface area contributed by atoms with Gasteiger partial charge < -0.3 is 14.8 Å². The normalized spacial score (nSPS) is 10.4. The first-order chi connectivity index (χ1) is 9.69. The molecular weight excluding hydrogens is 254 g/mol. The lowest BCUT2D eigenvalue weighted by Gasteiger charge is -2.14. The molecule has 0 amide bonds. The number of ether oxygens (including phenoxy) is 2. The summed E-state index contributed by atoms with van der Waals surface area (Å²) in [7, 11) is 1.60. The lowest BCUT2D eigenvalue weighted by Crippen LogP contribution is -2.09. The molecule has 0 bridgehead atoms. The van der Waals surface area contributed by atoms with Gasteiger partial charge in [0.15, 0.2) is 11.6 Å². The van der Waals surface area contributed by atoms with Gasteiger partial charge >= 0.3 is 0 Å². The van der Waals surface area contributed by atoms with Gasteiger partial charge in [0, 0.05) is 25.0 Å². The Morgan fingerprint density at radius 2 is 2.05 bits per heavy atom. The number of nitrogens with one attached hydrogen (secondary N) is 1. The number of methoxy groups -OCH3 is 1. The summed E-state index contributed by atoms with van der Waals surface area (Å²) >= 11 is 0. The Hall–Kier alpha value is -2.30. The van der Waals surface area contributed by atoms with Crippen molar-refractivity contribution in [3.05, 3.63) is 42.2 Å². The topological polar surface area (TPSA) is 56.3 Å². The summed E-state index contributed by atoms with van der Waals surface area (Å²) < 4.78 is 10.7. The van der Waals surface area contributed by atoms with Crippen molar-refractivity contribution < 1.29 is 9.47 Å². The zero-order valence-corrected chi connectivity index (χ0v) is 12.0. The molecule has 2 aromatic rings. The van der Waals surface area contributed by atoms with Gasteiger partial charge in [-0.2, -0.15) is 0 Å². The van der Waals surface area contributed by atoms with Gasteiger partial charge in [0.2, 0.25) is 5.88 Å². The van der Waals surface area contributed by atoms with E-state index in [4.69, 9.17) is 9.47 Å². The van der Waals surface area contributed by atoms with Crippen molar-refractivity contribution in [2.75, 3.05) is 12.4 Å². The zero-order chi connectivity index (χ0) is 14.4. The van der Waals surface area contributed by atoms with Crippen LogP contribution in [0.15, 0.2) is 36.7 Å². The predicted octanol–water partition coefficient (Wildman–Crippen LogP) is 2.88. The van der Waals surface area contributed by atoms with E-state index < -0.39 is 0 Å². The summed E-state index contributed by atoms with van der Waals surface area (Å²) in [6, 6.07) is 7.56. The maximum Gasteiger partial charge on any atom is 0.212 e. The molecule has 2 heterocycles. The molecular formula is C15H19N3O2. The van der Waals surface area contributed by atoms with Gasteiger partial charge in [0.25, 0.3) is 0 Å². The number of hydrogen-bond donors (Lipinski definition) is 1. The fraction of sp³-hybridized carbons (Fsp3) is 0.333. The van der Waals surface area contributed by atoms with Gasteiger partial charge in [0.05, 0.1) is 13.2 Å². The Balaban J connectivity index is 2.02. The molecule has 0 fully saturated rings. The van der Waals surface area contributed by atoms with E-state index in [2.05, 4.69) is 15.3 Å². The number of nitrogens with zero attached hydrogens (tertiary/aromatic N) is 2. The molecule has 1 N–H and O–H groups in total. The van der Waals surface area contributed by atoms with Gasteiger partial charge in [-0.25, -0.2) is 9.97 Å². The van der Waals surface area contributed by atoms with E-state index in [1.807, 2.05) is 38.1 Å². The molecule has 0 radical (unpaired) electrons. The van der Waals surface area contributed by atoms with E-state index in [-0.39, 0.29) is 6.10 Å². The lowest BCUT2D eigenvalue weighted by atomic mass is 10.3. The predicted molar refractivity (Wildman–Crippen MR) is 78.1 cm³/mol. The van der Waals surface area contributed by atoms with Crippen LogP contribution < -0.4 is 14.8 Å². The molecule has 0 unspecified atom stereocenters. The Morgan fingerprint density at radius 1 is 1.20 bits per heavy atom. The van der Waals surface area contributed by atoms with Crippen LogP contribution >= 0.6 is 0 Å². The van der Waals surface area contributed by atoms with Gasteiger partial charge in [-0.15, -0.1) is 0 Å². The average Bonchev–Trinajstić information content (AvgIpc) is 2.46. The van der Waals surface area contributed by atoms with E-state index >= 15 is 0 Å². The lowest BCUT2D eigenvalue weighted by molar-refractivity contribution is 0.243. The molecule has 106 valence electrons. The van der Waals surface area contributed by atoms with Gasteiger partial charge in [0.1, 0.15) is 0 Å². The van der Waals surface area contributed by atoms with E-state index in [1.54, 1.807) is 19.5 Å². The molecule has 2 aromatic heterocycles. The maximum atomic E-state index is 5.71.